The number of aryl methyl sites for hydroxylation is 1. The fourth-order valence-corrected chi connectivity index (χ4v) is 3.84. The van der Waals surface area contributed by atoms with Gasteiger partial charge in [-0.2, -0.15) is 16.2 Å². The number of fused-ring (bicyclic) bond motifs is 1. The molecule has 1 aromatic heterocycles. The van der Waals surface area contributed by atoms with Crippen molar-refractivity contribution in [3.8, 4) is 0 Å². The van der Waals surface area contributed by atoms with Gasteiger partial charge in [0.1, 0.15) is 11.9 Å². The fourth-order valence-electron chi connectivity index (χ4n) is 2.52. The van der Waals surface area contributed by atoms with Gasteiger partial charge in [-0.25, -0.2) is 13.6 Å². The van der Waals surface area contributed by atoms with E-state index in [0.29, 0.717) is 36.0 Å². The Morgan fingerprint density at radius 2 is 1.79 bits per heavy atom. The van der Waals surface area contributed by atoms with Crippen molar-refractivity contribution < 1.29 is 22.4 Å². The van der Waals surface area contributed by atoms with Crippen LogP contribution in [0.15, 0.2) is 32.3 Å². The van der Waals surface area contributed by atoms with E-state index in [4.69, 9.17) is 4.42 Å². The van der Waals surface area contributed by atoms with E-state index in [-0.39, 0.29) is 18.4 Å². The molecule has 0 aliphatic carbocycles. The SMILES string of the molecule is CCC=O.CSCCCC(F)(F)CCCSc1ccc2c(C)c(F)c(=O)oc2c1. The molecule has 0 bridgehead atoms. The number of alkyl halides is 2. The van der Waals surface area contributed by atoms with Crippen LogP contribution in [-0.4, -0.2) is 30.0 Å². The summed E-state index contributed by atoms with van der Waals surface area (Å²) >= 11 is 3.01. The molecule has 2 rings (SSSR count). The Morgan fingerprint density at radius 3 is 2.38 bits per heavy atom. The van der Waals surface area contributed by atoms with E-state index in [0.717, 1.165) is 16.9 Å². The first-order chi connectivity index (χ1) is 13.8. The molecule has 0 radical (unpaired) electrons. The molecule has 2 aromatic rings. The molecule has 1 heterocycles. The maximum Gasteiger partial charge on any atom is 0.372 e. The summed E-state index contributed by atoms with van der Waals surface area (Å²) in [6.45, 7) is 3.34. The zero-order valence-corrected chi connectivity index (χ0v) is 18.6. The van der Waals surface area contributed by atoms with Gasteiger partial charge >= 0.3 is 5.63 Å². The molecule has 0 atom stereocenters. The minimum atomic E-state index is -2.61. The summed E-state index contributed by atoms with van der Waals surface area (Å²) in [5.74, 6) is -2.18. The Bertz CT molecular complexity index is 838. The van der Waals surface area contributed by atoms with Gasteiger partial charge in [-0.1, -0.05) is 6.92 Å². The van der Waals surface area contributed by atoms with E-state index in [1.165, 1.54) is 18.7 Å². The summed E-state index contributed by atoms with van der Waals surface area (Å²) in [6, 6.07) is 5.14. The number of aldehydes is 1. The Hall–Kier alpha value is -1.41. The van der Waals surface area contributed by atoms with Crippen LogP contribution < -0.4 is 5.63 Å². The maximum absolute atomic E-state index is 13.7. The van der Waals surface area contributed by atoms with Crippen molar-refractivity contribution in [2.75, 3.05) is 17.8 Å². The van der Waals surface area contributed by atoms with Crippen LogP contribution in [0.4, 0.5) is 13.2 Å². The van der Waals surface area contributed by atoms with Gasteiger partial charge in [-0.15, -0.1) is 11.8 Å². The van der Waals surface area contributed by atoms with Crippen LogP contribution in [-0.2, 0) is 4.79 Å². The Labute approximate surface area is 177 Å². The highest BCUT2D eigenvalue weighted by Gasteiger charge is 2.27. The molecule has 0 saturated heterocycles. The third-order valence-electron chi connectivity index (χ3n) is 4.08. The van der Waals surface area contributed by atoms with Gasteiger partial charge in [0.25, 0.3) is 0 Å². The lowest BCUT2D eigenvalue weighted by Gasteiger charge is -2.15. The number of carbonyl (C=O) groups excluding carboxylic acids is 1. The van der Waals surface area contributed by atoms with Crippen LogP contribution in [0.2, 0.25) is 0 Å². The third kappa shape index (κ3) is 8.86. The summed E-state index contributed by atoms with van der Waals surface area (Å²) < 4.78 is 45.9. The van der Waals surface area contributed by atoms with Gasteiger partial charge in [0.15, 0.2) is 0 Å². The van der Waals surface area contributed by atoms with E-state index in [2.05, 4.69) is 0 Å². The standard InChI is InChI=1S/C18H21F3O2S2.C3H6O/c1-12-14-6-5-13(11-15(14)23-17(22)16(12)19)25-10-4-8-18(20,21)7-3-9-24-2;1-2-3-4/h5-6,11H,3-4,7-10H2,1-2H3;3H,2H2,1H3. The molecular weight excluding hydrogens is 421 g/mol. The van der Waals surface area contributed by atoms with Gasteiger partial charge in [0, 0.05) is 35.1 Å². The average Bonchev–Trinajstić information content (AvgIpc) is 2.69. The summed E-state index contributed by atoms with van der Waals surface area (Å²) in [7, 11) is 0. The highest BCUT2D eigenvalue weighted by atomic mass is 32.2. The largest absolute Gasteiger partial charge is 0.421 e. The van der Waals surface area contributed by atoms with Crippen LogP contribution >= 0.6 is 23.5 Å². The van der Waals surface area contributed by atoms with Crippen molar-refractivity contribution in [3.05, 3.63) is 40.0 Å². The molecule has 0 N–H and O–H groups in total. The second-order valence-corrected chi connectivity index (χ2v) is 8.62. The number of thioether (sulfide) groups is 2. The van der Waals surface area contributed by atoms with E-state index in [1.54, 1.807) is 30.0 Å². The smallest absolute Gasteiger partial charge is 0.372 e. The molecular formula is C21H27F3O3S2. The quantitative estimate of drug-likeness (QED) is 0.180. The highest BCUT2D eigenvalue weighted by Crippen LogP contribution is 2.30. The lowest BCUT2D eigenvalue weighted by molar-refractivity contribution is -0.107. The number of benzene rings is 1. The highest BCUT2D eigenvalue weighted by molar-refractivity contribution is 7.99. The van der Waals surface area contributed by atoms with Gasteiger partial charge in [-0.3, -0.25) is 0 Å². The van der Waals surface area contributed by atoms with Crippen LogP contribution in [0.3, 0.4) is 0 Å². The fraction of sp³-hybridized carbons (Fsp3) is 0.524. The number of carbonyl (C=O) groups is 1. The van der Waals surface area contributed by atoms with Gasteiger partial charge in [0.05, 0.1) is 0 Å². The minimum absolute atomic E-state index is 0.0650. The van der Waals surface area contributed by atoms with Crippen molar-refractivity contribution in [1.29, 1.82) is 0 Å². The van der Waals surface area contributed by atoms with Crippen LogP contribution in [0.25, 0.3) is 11.0 Å². The molecule has 0 amide bonds. The van der Waals surface area contributed by atoms with Gasteiger partial charge in [-0.05, 0) is 55.7 Å². The molecule has 162 valence electrons. The monoisotopic (exact) mass is 448 g/mol. The molecule has 29 heavy (non-hydrogen) atoms. The van der Waals surface area contributed by atoms with Crippen molar-refractivity contribution in [2.45, 2.75) is 56.8 Å². The molecule has 0 spiro atoms. The van der Waals surface area contributed by atoms with E-state index in [9.17, 15) is 22.8 Å². The second-order valence-electron chi connectivity index (χ2n) is 6.47. The predicted molar refractivity (Wildman–Crippen MR) is 116 cm³/mol. The zero-order valence-electron chi connectivity index (χ0n) is 16.9. The lowest BCUT2D eigenvalue weighted by atomic mass is 10.1. The first kappa shape index (κ1) is 25.6. The average molecular weight is 449 g/mol. The van der Waals surface area contributed by atoms with E-state index >= 15 is 0 Å². The van der Waals surface area contributed by atoms with E-state index in [1.807, 2.05) is 13.2 Å². The van der Waals surface area contributed by atoms with Gasteiger partial charge in [0.2, 0.25) is 11.7 Å². The number of rotatable bonds is 10. The molecule has 0 unspecified atom stereocenters. The molecule has 0 fully saturated rings. The summed E-state index contributed by atoms with van der Waals surface area (Å²) in [6.07, 6.45) is 4.17. The maximum atomic E-state index is 13.7. The number of hydrogen-bond donors (Lipinski definition) is 0. The third-order valence-corrected chi connectivity index (χ3v) is 5.86. The summed E-state index contributed by atoms with van der Waals surface area (Å²) in [5, 5.41) is 0.543. The van der Waals surface area contributed by atoms with Crippen molar-refractivity contribution in [2.24, 2.45) is 0 Å². The molecule has 3 nitrogen and oxygen atoms in total. The first-order valence-corrected chi connectivity index (χ1v) is 11.8. The van der Waals surface area contributed by atoms with Crippen LogP contribution in [0.1, 0.15) is 44.6 Å². The summed E-state index contributed by atoms with van der Waals surface area (Å²) in [4.78, 5) is 21.4. The normalized spacial score (nSPS) is 11.2. The molecule has 1 aromatic carbocycles. The molecule has 0 aliphatic heterocycles. The number of hydrogen-bond acceptors (Lipinski definition) is 5. The Balaban J connectivity index is 0.000000960. The zero-order chi connectivity index (χ0) is 21.9. The second kappa shape index (κ2) is 13.0. The van der Waals surface area contributed by atoms with Crippen molar-refractivity contribution in [3.63, 3.8) is 0 Å². The molecule has 0 saturated carbocycles. The Morgan fingerprint density at radius 1 is 1.17 bits per heavy atom. The molecule has 0 aliphatic rings. The lowest BCUT2D eigenvalue weighted by Crippen LogP contribution is -2.16. The summed E-state index contributed by atoms with van der Waals surface area (Å²) in [5.41, 5.74) is -0.416. The molecule has 8 heteroatoms. The van der Waals surface area contributed by atoms with Crippen LogP contribution in [0, 0.1) is 12.7 Å². The van der Waals surface area contributed by atoms with Crippen molar-refractivity contribution >= 4 is 40.8 Å². The van der Waals surface area contributed by atoms with E-state index < -0.39 is 17.4 Å². The van der Waals surface area contributed by atoms with Crippen molar-refractivity contribution in [1.82, 2.24) is 0 Å². The first-order valence-electron chi connectivity index (χ1n) is 9.42. The van der Waals surface area contributed by atoms with Crippen LogP contribution in [0.5, 0.6) is 0 Å². The van der Waals surface area contributed by atoms with Gasteiger partial charge < -0.3 is 9.21 Å². The Kier molecular flexibility index (Phi) is 11.5. The minimum Gasteiger partial charge on any atom is -0.421 e. The predicted octanol–water partition coefficient (Wildman–Crippen LogP) is 6.49. The topological polar surface area (TPSA) is 47.3 Å². The number of halogens is 3.